The number of aliphatic hydroxyl groups is 6. The molecule has 0 aliphatic heterocycles. The van der Waals surface area contributed by atoms with Crippen molar-refractivity contribution in [1.29, 1.82) is 0 Å². The number of hydrogen-bond donors (Lipinski definition) is 6. The Morgan fingerprint density at radius 3 is 1.00 bits per heavy atom. The summed E-state index contributed by atoms with van der Waals surface area (Å²) in [4.78, 5) is 0. The van der Waals surface area contributed by atoms with Gasteiger partial charge in [-0.1, -0.05) is 0 Å². The molecule has 12 nitrogen and oxygen atoms in total. The lowest BCUT2D eigenvalue weighted by molar-refractivity contribution is -0.118. The summed E-state index contributed by atoms with van der Waals surface area (Å²) in [5.74, 6) is 0.283. The third-order valence-corrected chi connectivity index (χ3v) is 5.49. The van der Waals surface area contributed by atoms with E-state index in [1.165, 1.54) is 0 Å². The molecular weight excluding hydrogens is 551 g/mol. The van der Waals surface area contributed by atoms with E-state index in [4.69, 9.17) is 78.5 Å². The van der Waals surface area contributed by atoms with Crippen LogP contribution in [0.3, 0.4) is 0 Å². The summed E-state index contributed by atoms with van der Waals surface area (Å²) >= 11 is 17.6. The van der Waals surface area contributed by atoms with Crippen LogP contribution in [0.4, 0.5) is 0 Å². The van der Waals surface area contributed by atoms with Crippen LogP contribution in [0, 0.1) is 0 Å². The molecule has 0 saturated heterocycles. The molecule has 0 aliphatic rings. The molecule has 0 fully saturated rings. The lowest BCUT2D eigenvalue weighted by atomic mass is 10.3. The lowest BCUT2D eigenvalue weighted by Crippen LogP contribution is -2.36. The zero-order valence-electron chi connectivity index (χ0n) is 20.2. The average Bonchev–Trinajstić information content (AvgIpc) is 2.90. The average molecular weight is 592 g/mol. The van der Waals surface area contributed by atoms with E-state index in [1.54, 1.807) is 0 Å². The number of hydrogen-bond acceptors (Lipinski definition) is 12. The van der Waals surface area contributed by atoms with Crippen molar-refractivity contribution in [2.24, 2.45) is 0 Å². The summed E-state index contributed by atoms with van der Waals surface area (Å²) < 4.78 is 33.4. The lowest BCUT2D eigenvalue weighted by Gasteiger charge is -2.24. The van der Waals surface area contributed by atoms with Gasteiger partial charge >= 0.3 is 0 Å². The van der Waals surface area contributed by atoms with E-state index in [-0.39, 0.29) is 70.5 Å². The fourth-order valence-electron chi connectivity index (χ4n) is 2.36. The first-order chi connectivity index (χ1) is 17.3. The summed E-state index contributed by atoms with van der Waals surface area (Å²) in [5, 5.41) is 54.9. The fourth-order valence-corrected chi connectivity index (χ4v) is 2.90. The van der Waals surface area contributed by atoms with E-state index in [2.05, 4.69) is 0 Å². The SMILES string of the molecule is OCC(O)COC(CCl)COCC(COCC(CCl)OCC(O)CO)OCC(CCl)OCC(O)CO. The molecule has 6 atom stereocenters. The highest BCUT2D eigenvalue weighted by molar-refractivity contribution is 6.18. The van der Waals surface area contributed by atoms with E-state index in [0.717, 1.165) is 0 Å². The number of alkyl halides is 3. The molecule has 0 heterocycles. The van der Waals surface area contributed by atoms with Crippen LogP contribution in [0.25, 0.3) is 0 Å². The predicted octanol–water partition coefficient (Wildman–Crippen LogP) is -1.66. The molecule has 0 rings (SSSR count). The van der Waals surface area contributed by atoms with Gasteiger partial charge in [-0.05, 0) is 0 Å². The second kappa shape index (κ2) is 24.4. The molecule has 15 heteroatoms. The molecule has 0 spiro atoms. The van der Waals surface area contributed by atoms with E-state index in [9.17, 15) is 15.3 Å². The molecule has 6 unspecified atom stereocenters. The molecule has 0 aromatic carbocycles. The number of rotatable bonds is 26. The van der Waals surface area contributed by atoms with Crippen LogP contribution < -0.4 is 0 Å². The zero-order valence-corrected chi connectivity index (χ0v) is 22.5. The van der Waals surface area contributed by atoms with E-state index < -0.39 is 62.5 Å². The number of aliphatic hydroxyl groups excluding tert-OH is 6. The topological polar surface area (TPSA) is 177 Å². The largest absolute Gasteiger partial charge is 0.394 e. The highest BCUT2D eigenvalue weighted by Crippen LogP contribution is 2.06. The van der Waals surface area contributed by atoms with Crippen LogP contribution >= 0.6 is 34.8 Å². The molecule has 36 heavy (non-hydrogen) atoms. The summed E-state index contributed by atoms with van der Waals surface area (Å²) in [6.07, 6.45) is -5.28. The van der Waals surface area contributed by atoms with Crippen molar-refractivity contribution in [1.82, 2.24) is 0 Å². The molecule has 0 amide bonds. The minimum atomic E-state index is -1.04. The molecule has 0 radical (unpaired) electrons. The Balaban J connectivity index is 4.75. The summed E-state index contributed by atoms with van der Waals surface area (Å²) in [6, 6.07) is 0. The van der Waals surface area contributed by atoms with Crippen molar-refractivity contribution in [3.05, 3.63) is 0 Å². The number of halogens is 3. The van der Waals surface area contributed by atoms with Gasteiger partial charge in [-0.2, -0.15) is 0 Å². The van der Waals surface area contributed by atoms with Crippen LogP contribution in [0.15, 0.2) is 0 Å². The van der Waals surface area contributed by atoms with Crippen LogP contribution in [0.1, 0.15) is 0 Å². The third-order valence-electron chi connectivity index (χ3n) is 4.45. The second-order valence-electron chi connectivity index (χ2n) is 7.87. The van der Waals surface area contributed by atoms with Gasteiger partial charge in [0.1, 0.15) is 24.4 Å². The van der Waals surface area contributed by atoms with Gasteiger partial charge in [0, 0.05) is 0 Å². The highest BCUT2D eigenvalue weighted by atomic mass is 35.5. The molecule has 0 aromatic rings. The first-order valence-corrected chi connectivity index (χ1v) is 13.1. The second-order valence-corrected chi connectivity index (χ2v) is 8.79. The van der Waals surface area contributed by atoms with Crippen molar-refractivity contribution in [3.8, 4) is 0 Å². The van der Waals surface area contributed by atoms with Crippen LogP contribution in [0.2, 0.25) is 0 Å². The summed E-state index contributed by atoms with van der Waals surface area (Å²) in [5.41, 5.74) is 0. The summed E-state index contributed by atoms with van der Waals surface area (Å²) in [6.45, 7) is -1.25. The maximum absolute atomic E-state index is 9.45. The molecular formula is C21H41Cl3O12. The molecule has 6 N–H and O–H groups in total. The Bertz CT molecular complexity index is 457. The standard InChI is InChI=1S/C21H41Cl3O12/c22-1-18(33-7-15(28)4-25)10-31-12-21(36-14-20(3-24)35-9-17(30)6-27)13-32-11-19(2-23)34-8-16(29)5-26/h15-21,25-30H,1-14H2. The van der Waals surface area contributed by atoms with E-state index >= 15 is 0 Å². The van der Waals surface area contributed by atoms with Gasteiger partial charge in [-0.3, -0.25) is 0 Å². The number of ether oxygens (including phenoxy) is 6. The Labute approximate surface area is 226 Å². The molecule has 0 aromatic heterocycles. The minimum absolute atomic E-state index is 0.0509. The first kappa shape index (κ1) is 36.4. The van der Waals surface area contributed by atoms with Gasteiger partial charge in [0.05, 0.1) is 109 Å². The van der Waals surface area contributed by atoms with E-state index in [0.29, 0.717) is 0 Å². The van der Waals surface area contributed by atoms with Gasteiger partial charge in [0.2, 0.25) is 0 Å². The van der Waals surface area contributed by atoms with Crippen molar-refractivity contribution in [2.75, 3.05) is 90.3 Å². The summed E-state index contributed by atoms with van der Waals surface area (Å²) in [7, 11) is 0. The molecule has 0 bridgehead atoms. The Morgan fingerprint density at radius 2 is 0.694 bits per heavy atom. The highest BCUT2D eigenvalue weighted by Gasteiger charge is 2.19. The van der Waals surface area contributed by atoms with Crippen LogP contribution in [-0.4, -0.2) is 164 Å². The minimum Gasteiger partial charge on any atom is -0.394 e. The maximum Gasteiger partial charge on any atom is 0.104 e. The van der Waals surface area contributed by atoms with Gasteiger partial charge in [0.25, 0.3) is 0 Å². The Morgan fingerprint density at radius 1 is 0.417 bits per heavy atom. The quantitative estimate of drug-likeness (QED) is 0.0632. The first-order valence-electron chi connectivity index (χ1n) is 11.5. The smallest absolute Gasteiger partial charge is 0.104 e. The van der Waals surface area contributed by atoms with Crippen LogP contribution in [-0.2, 0) is 28.4 Å². The molecule has 0 saturated carbocycles. The Hall–Kier alpha value is 0.390. The van der Waals surface area contributed by atoms with Crippen molar-refractivity contribution >= 4 is 34.8 Å². The van der Waals surface area contributed by atoms with Gasteiger partial charge in [-0.15, -0.1) is 34.8 Å². The Kier molecular flexibility index (Phi) is 24.7. The van der Waals surface area contributed by atoms with Crippen molar-refractivity contribution < 1.29 is 59.1 Å². The normalized spacial score (nSPS) is 17.9. The van der Waals surface area contributed by atoms with Crippen molar-refractivity contribution in [2.45, 2.75) is 42.7 Å². The van der Waals surface area contributed by atoms with Gasteiger partial charge in [0.15, 0.2) is 0 Å². The van der Waals surface area contributed by atoms with Crippen LogP contribution in [0.5, 0.6) is 0 Å². The predicted molar refractivity (Wildman–Crippen MR) is 132 cm³/mol. The molecule has 218 valence electrons. The fraction of sp³-hybridized carbons (Fsp3) is 1.00. The van der Waals surface area contributed by atoms with Gasteiger partial charge < -0.3 is 59.1 Å². The van der Waals surface area contributed by atoms with Crippen molar-refractivity contribution in [3.63, 3.8) is 0 Å². The maximum atomic E-state index is 9.45. The van der Waals surface area contributed by atoms with E-state index in [1.807, 2.05) is 0 Å². The zero-order chi connectivity index (χ0) is 27.2. The molecule has 0 aliphatic carbocycles. The monoisotopic (exact) mass is 590 g/mol. The third kappa shape index (κ3) is 19.5. The van der Waals surface area contributed by atoms with Gasteiger partial charge in [-0.25, -0.2) is 0 Å².